The van der Waals surface area contributed by atoms with E-state index in [1.807, 2.05) is 17.0 Å². The Kier molecular flexibility index (Phi) is 6.39. The van der Waals surface area contributed by atoms with Crippen LogP contribution in [0.25, 0.3) is 10.8 Å². The van der Waals surface area contributed by atoms with Gasteiger partial charge in [0.05, 0.1) is 0 Å². The van der Waals surface area contributed by atoms with E-state index >= 15 is 0 Å². The molecule has 4 rings (SSSR count). The summed E-state index contributed by atoms with van der Waals surface area (Å²) in [7, 11) is 0. The second kappa shape index (κ2) is 9.17. The fraction of sp³-hybridized carbons (Fsp3) is 0.560. The number of ether oxygens (including phenoxy) is 1. The van der Waals surface area contributed by atoms with Crippen molar-refractivity contribution in [2.24, 2.45) is 5.92 Å². The summed E-state index contributed by atoms with van der Waals surface area (Å²) < 4.78 is 6.29. The van der Waals surface area contributed by atoms with Crippen molar-refractivity contribution in [2.75, 3.05) is 32.7 Å². The molecule has 2 aliphatic rings. The number of hydrogen-bond acceptors (Lipinski definition) is 3. The lowest BCUT2D eigenvalue weighted by atomic mass is 10.0. The Labute approximate surface area is 174 Å². The van der Waals surface area contributed by atoms with Gasteiger partial charge in [-0.2, -0.15) is 0 Å². The molecule has 0 aromatic heterocycles. The van der Waals surface area contributed by atoms with Gasteiger partial charge in [-0.25, -0.2) is 0 Å². The van der Waals surface area contributed by atoms with E-state index in [-0.39, 0.29) is 5.91 Å². The zero-order valence-electron chi connectivity index (χ0n) is 17.9. The van der Waals surface area contributed by atoms with Crippen molar-refractivity contribution < 1.29 is 9.53 Å². The van der Waals surface area contributed by atoms with Crippen molar-refractivity contribution in [3.63, 3.8) is 0 Å². The molecule has 0 atom stereocenters. The molecule has 2 aromatic rings. The molecule has 2 aliphatic heterocycles. The number of carbonyl (C=O) groups excluding carboxylic acids is 1. The lowest BCUT2D eigenvalue weighted by molar-refractivity contribution is 0.0724. The van der Waals surface area contributed by atoms with Gasteiger partial charge in [0.25, 0.3) is 5.91 Å². The first-order valence-electron chi connectivity index (χ1n) is 11.3. The highest BCUT2D eigenvalue weighted by Gasteiger charge is 2.21. The van der Waals surface area contributed by atoms with E-state index in [0.29, 0.717) is 6.10 Å². The van der Waals surface area contributed by atoms with Crippen LogP contribution in [0.2, 0.25) is 0 Å². The normalized spacial score (nSPS) is 19.1. The molecule has 0 spiro atoms. The molecule has 1 amide bonds. The van der Waals surface area contributed by atoms with Gasteiger partial charge in [0.2, 0.25) is 0 Å². The third-order valence-electron chi connectivity index (χ3n) is 6.16. The molecule has 2 saturated heterocycles. The number of piperidine rings is 2. The quantitative estimate of drug-likeness (QED) is 0.718. The van der Waals surface area contributed by atoms with Crippen molar-refractivity contribution in [1.29, 1.82) is 0 Å². The van der Waals surface area contributed by atoms with Crippen molar-refractivity contribution in [3.05, 3.63) is 42.0 Å². The maximum atomic E-state index is 12.8. The highest BCUT2D eigenvalue weighted by Crippen LogP contribution is 2.26. The molecule has 0 aliphatic carbocycles. The Hall–Kier alpha value is -2.07. The summed E-state index contributed by atoms with van der Waals surface area (Å²) in [5.41, 5.74) is 0.797. The van der Waals surface area contributed by atoms with Gasteiger partial charge in [-0.1, -0.05) is 26.0 Å². The summed E-state index contributed by atoms with van der Waals surface area (Å²) >= 11 is 0. The molecule has 4 nitrogen and oxygen atoms in total. The van der Waals surface area contributed by atoms with Crippen LogP contribution >= 0.6 is 0 Å². The fourth-order valence-corrected chi connectivity index (χ4v) is 4.63. The molecule has 0 N–H and O–H groups in total. The maximum Gasteiger partial charge on any atom is 0.253 e. The largest absolute Gasteiger partial charge is 0.490 e. The molecule has 0 bridgehead atoms. The van der Waals surface area contributed by atoms with Gasteiger partial charge in [0, 0.05) is 38.3 Å². The van der Waals surface area contributed by atoms with Crippen molar-refractivity contribution in [1.82, 2.24) is 9.80 Å². The van der Waals surface area contributed by atoms with Crippen LogP contribution in [0.1, 0.15) is 56.3 Å². The van der Waals surface area contributed by atoms with E-state index in [0.717, 1.165) is 79.9 Å². The number of amides is 1. The van der Waals surface area contributed by atoms with E-state index in [1.165, 1.54) is 13.0 Å². The molecule has 0 unspecified atom stereocenters. The minimum atomic E-state index is 0.167. The Morgan fingerprint density at radius 1 is 0.966 bits per heavy atom. The molecular weight excluding hydrogens is 360 g/mol. The minimum absolute atomic E-state index is 0.167. The first-order chi connectivity index (χ1) is 14.1. The van der Waals surface area contributed by atoms with Crippen molar-refractivity contribution in [3.8, 4) is 5.75 Å². The monoisotopic (exact) mass is 394 g/mol. The second-order valence-corrected chi connectivity index (χ2v) is 9.09. The zero-order chi connectivity index (χ0) is 20.2. The number of hydrogen-bond donors (Lipinski definition) is 0. The Morgan fingerprint density at radius 2 is 1.66 bits per heavy atom. The van der Waals surface area contributed by atoms with E-state index in [9.17, 15) is 4.79 Å². The van der Waals surface area contributed by atoms with E-state index in [4.69, 9.17) is 4.74 Å². The molecule has 0 saturated carbocycles. The summed E-state index contributed by atoms with van der Waals surface area (Å²) in [4.78, 5) is 17.3. The van der Waals surface area contributed by atoms with Crippen molar-refractivity contribution in [2.45, 2.75) is 52.1 Å². The van der Waals surface area contributed by atoms with Gasteiger partial charge in [-0.05, 0) is 73.1 Å². The average Bonchev–Trinajstić information content (AvgIpc) is 2.74. The van der Waals surface area contributed by atoms with Crippen LogP contribution in [0, 0.1) is 5.92 Å². The van der Waals surface area contributed by atoms with Gasteiger partial charge < -0.3 is 14.5 Å². The second-order valence-electron chi connectivity index (χ2n) is 9.09. The Balaban J connectivity index is 1.39. The maximum absolute atomic E-state index is 12.8. The highest BCUT2D eigenvalue weighted by atomic mass is 16.5. The average molecular weight is 395 g/mol. The van der Waals surface area contributed by atoms with Crippen LogP contribution in [0.5, 0.6) is 5.75 Å². The third-order valence-corrected chi connectivity index (χ3v) is 6.16. The molecule has 2 heterocycles. The number of carbonyl (C=O) groups is 1. The Bertz CT molecular complexity index is 834. The topological polar surface area (TPSA) is 32.8 Å². The van der Waals surface area contributed by atoms with Crippen LogP contribution in [0.3, 0.4) is 0 Å². The summed E-state index contributed by atoms with van der Waals surface area (Å²) in [5.74, 6) is 1.83. The van der Waals surface area contributed by atoms with Crippen LogP contribution in [0.15, 0.2) is 36.4 Å². The zero-order valence-corrected chi connectivity index (χ0v) is 17.9. The standard InChI is InChI=1S/C25H34N2O2/c1-19(2)18-26-14-10-23(11-15-26)29-24-9-8-20-16-22(7-6-21(20)17-24)25(28)27-12-4-3-5-13-27/h6-9,16-17,19,23H,3-5,10-15,18H2,1-2H3. The van der Waals surface area contributed by atoms with E-state index in [1.54, 1.807) is 0 Å². The number of rotatable bonds is 5. The van der Waals surface area contributed by atoms with Gasteiger partial charge in [0.1, 0.15) is 11.9 Å². The highest BCUT2D eigenvalue weighted by molar-refractivity contribution is 5.98. The number of fused-ring (bicyclic) bond motifs is 1. The predicted octanol–water partition coefficient (Wildman–Crippen LogP) is 4.97. The number of nitrogens with zero attached hydrogens (tertiary/aromatic N) is 2. The summed E-state index contributed by atoms with van der Waals surface area (Å²) in [6.07, 6.45) is 5.96. The number of benzene rings is 2. The molecule has 156 valence electrons. The first kappa shape index (κ1) is 20.2. The summed E-state index contributed by atoms with van der Waals surface area (Å²) in [6.45, 7) is 9.77. The van der Waals surface area contributed by atoms with Crippen LogP contribution in [-0.2, 0) is 0 Å². The fourth-order valence-electron chi connectivity index (χ4n) is 4.63. The van der Waals surface area contributed by atoms with Gasteiger partial charge >= 0.3 is 0 Å². The lowest BCUT2D eigenvalue weighted by Crippen LogP contribution is -2.39. The van der Waals surface area contributed by atoms with Gasteiger partial charge in [-0.15, -0.1) is 0 Å². The minimum Gasteiger partial charge on any atom is -0.490 e. The molecule has 2 fully saturated rings. The predicted molar refractivity (Wildman–Crippen MR) is 119 cm³/mol. The first-order valence-corrected chi connectivity index (χ1v) is 11.3. The van der Waals surface area contributed by atoms with Crippen LogP contribution < -0.4 is 4.74 Å². The van der Waals surface area contributed by atoms with Crippen LogP contribution in [-0.4, -0.2) is 54.5 Å². The Morgan fingerprint density at radius 3 is 2.38 bits per heavy atom. The molecule has 4 heteroatoms. The smallest absolute Gasteiger partial charge is 0.253 e. The van der Waals surface area contributed by atoms with Crippen molar-refractivity contribution >= 4 is 16.7 Å². The molecule has 2 aromatic carbocycles. The van der Waals surface area contributed by atoms with E-state index < -0.39 is 0 Å². The summed E-state index contributed by atoms with van der Waals surface area (Å²) in [6, 6.07) is 12.3. The third kappa shape index (κ3) is 5.11. The molecule has 29 heavy (non-hydrogen) atoms. The van der Waals surface area contributed by atoms with Gasteiger partial charge in [0.15, 0.2) is 0 Å². The van der Waals surface area contributed by atoms with Crippen LogP contribution in [0.4, 0.5) is 0 Å². The SMILES string of the molecule is CC(C)CN1CCC(Oc2ccc3cc(C(=O)N4CCCCC4)ccc3c2)CC1. The van der Waals surface area contributed by atoms with Gasteiger partial charge in [-0.3, -0.25) is 4.79 Å². The molecule has 0 radical (unpaired) electrons. The number of likely N-dealkylation sites (tertiary alicyclic amines) is 2. The van der Waals surface area contributed by atoms with E-state index in [2.05, 4.69) is 43.0 Å². The molecular formula is C25H34N2O2. The summed E-state index contributed by atoms with van der Waals surface area (Å²) in [5, 5.41) is 2.24. The lowest BCUT2D eigenvalue weighted by Gasteiger charge is -2.33.